The molecule has 4 nitrogen and oxygen atoms in total. The zero-order valence-corrected chi connectivity index (χ0v) is 13.5. The third kappa shape index (κ3) is 3.60. The van der Waals surface area contributed by atoms with E-state index in [1.807, 2.05) is 60.7 Å². The highest BCUT2D eigenvalue weighted by molar-refractivity contribution is 5.66. The fraction of sp³-hybridized carbons (Fsp3) is 0.100. The molecule has 0 spiro atoms. The van der Waals surface area contributed by atoms with Crippen LogP contribution >= 0.6 is 0 Å². The molecule has 8 N–H and O–H groups in total. The molecule has 0 heterocycles. The SMILES string of the molecule is Nc1ccc(Cc2cc(N)c(N)cc2Cc2ccc(N)cc2)cc1. The molecule has 24 heavy (non-hydrogen) atoms. The second-order valence-electron chi connectivity index (χ2n) is 6.09. The molecule has 122 valence electrons. The molecule has 0 saturated heterocycles. The first kappa shape index (κ1) is 15.7. The van der Waals surface area contributed by atoms with Gasteiger partial charge in [0.2, 0.25) is 0 Å². The summed E-state index contributed by atoms with van der Waals surface area (Å²) in [6.45, 7) is 0. The molecule has 0 aliphatic heterocycles. The zero-order chi connectivity index (χ0) is 17.1. The predicted molar refractivity (Wildman–Crippen MR) is 103 cm³/mol. The average Bonchev–Trinajstić information content (AvgIpc) is 2.56. The molecule has 3 aromatic rings. The van der Waals surface area contributed by atoms with Gasteiger partial charge in [-0.05, 0) is 71.5 Å². The van der Waals surface area contributed by atoms with Crippen LogP contribution < -0.4 is 22.9 Å². The van der Waals surface area contributed by atoms with Gasteiger partial charge in [0.05, 0.1) is 11.4 Å². The van der Waals surface area contributed by atoms with Crippen LogP contribution in [0.4, 0.5) is 22.7 Å². The lowest BCUT2D eigenvalue weighted by Gasteiger charge is -2.13. The summed E-state index contributed by atoms with van der Waals surface area (Å²) in [7, 11) is 0. The van der Waals surface area contributed by atoms with Crippen molar-refractivity contribution in [3.63, 3.8) is 0 Å². The van der Waals surface area contributed by atoms with Crippen LogP contribution in [0.5, 0.6) is 0 Å². The molecule has 3 aromatic carbocycles. The van der Waals surface area contributed by atoms with Crippen LogP contribution in [-0.4, -0.2) is 0 Å². The van der Waals surface area contributed by atoms with Crippen molar-refractivity contribution in [2.75, 3.05) is 22.9 Å². The lowest BCUT2D eigenvalue weighted by Crippen LogP contribution is -2.03. The predicted octanol–water partition coefficient (Wildman–Crippen LogP) is 3.20. The smallest absolute Gasteiger partial charge is 0.0550 e. The summed E-state index contributed by atoms with van der Waals surface area (Å²) >= 11 is 0. The van der Waals surface area contributed by atoms with Crippen molar-refractivity contribution in [1.29, 1.82) is 0 Å². The van der Waals surface area contributed by atoms with Gasteiger partial charge in [0.15, 0.2) is 0 Å². The topological polar surface area (TPSA) is 104 Å². The van der Waals surface area contributed by atoms with Crippen LogP contribution in [0, 0.1) is 0 Å². The fourth-order valence-corrected chi connectivity index (χ4v) is 2.77. The average molecular weight is 318 g/mol. The molecule has 0 aliphatic rings. The van der Waals surface area contributed by atoms with Crippen LogP contribution in [0.3, 0.4) is 0 Å². The first-order chi connectivity index (χ1) is 11.5. The number of benzene rings is 3. The molecule has 4 heteroatoms. The zero-order valence-electron chi connectivity index (χ0n) is 13.5. The molecule has 0 aromatic heterocycles. The van der Waals surface area contributed by atoms with Crippen molar-refractivity contribution in [1.82, 2.24) is 0 Å². The maximum Gasteiger partial charge on any atom is 0.0550 e. The molecule has 3 rings (SSSR count). The summed E-state index contributed by atoms with van der Waals surface area (Å²) in [6.07, 6.45) is 1.57. The summed E-state index contributed by atoms with van der Waals surface area (Å²) in [5.74, 6) is 0. The van der Waals surface area contributed by atoms with Gasteiger partial charge in [-0.3, -0.25) is 0 Å². The van der Waals surface area contributed by atoms with E-state index in [9.17, 15) is 0 Å². The largest absolute Gasteiger partial charge is 0.399 e. The molecule has 0 bridgehead atoms. The van der Waals surface area contributed by atoms with Crippen molar-refractivity contribution in [3.8, 4) is 0 Å². The molecule has 0 radical (unpaired) electrons. The summed E-state index contributed by atoms with van der Waals surface area (Å²) in [4.78, 5) is 0. The molecule has 0 fully saturated rings. The van der Waals surface area contributed by atoms with E-state index in [1.165, 1.54) is 22.3 Å². The van der Waals surface area contributed by atoms with Gasteiger partial charge in [-0.25, -0.2) is 0 Å². The number of anilines is 4. The molecular weight excluding hydrogens is 296 g/mol. The van der Waals surface area contributed by atoms with E-state index >= 15 is 0 Å². The summed E-state index contributed by atoms with van der Waals surface area (Å²) in [5.41, 5.74) is 31.0. The van der Waals surface area contributed by atoms with E-state index in [0.717, 1.165) is 24.2 Å². The maximum atomic E-state index is 6.02. The quantitative estimate of drug-likeness (QED) is 0.554. The van der Waals surface area contributed by atoms with Crippen LogP contribution in [0.1, 0.15) is 22.3 Å². The number of rotatable bonds is 4. The summed E-state index contributed by atoms with van der Waals surface area (Å²) in [6, 6.07) is 19.7. The highest BCUT2D eigenvalue weighted by Gasteiger charge is 2.09. The maximum absolute atomic E-state index is 6.02. The van der Waals surface area contributed by atoms with Gasteiger partial charge in [0.1, 0.15) is 0 Å². The Bertz CT molecular complexity index is 764. The van der Waals surface area contributed by atoms with Crippen molar-refractivity contribution in [2.45, 2.75) is 12.8 Å². The Hall–Kier alpha value is -3.14. The van der Waals surface area contributed by atoms with Gasteiger partial charge < -0.3 is 22.9 Å². The summed E-state index contributed by atoms with van der Waals surface area (Å²) in [5, 5.41) is 0. The standard InChI is InChI=1S/C20H22N4/c21-17-5-1-13(2-6-17)9-15-11-19(23)20(24)12-16(15)10-14-3-7-18(22)8-4-14/h1-8,11-12H,9-10,21-24H2. The fourth-order valence-electron chi connectivity index (χ4n) is 2.77. The van der Waals surface area contributed by atoms with Crippen LogP contribution in [0.2, 0.25) is 0 Å². The second kappa shape index (κ2) is 6.54. The molecule has 0 unspecified atom stereocenters. The summed E-state index contributed by atoms with van der Waals surface area (Å²) < 4.78 is 0. The van der Waals surface area contributed by atoms with E-state index in [4.69, 9.17) is 22.9 Å². The number of hydrogen-bond acceptors (Lipinski definition) is 4. The first-order valence-electron chi connectivity index (χ1n) is 7.87. The monoisotopic (exact) mass is 318 g/mol. The van der Waals surface area contributed by atoms with E-state index in [0.29, 0.717) is 11.4 Å². The Morgan fingerprint density at radius 3 is 1.17 bits per heavy atom. The third-order valence-electron chi connectivity index (χ3n) is 4.15. The third-order valence-corrected chi connectivity index (χ3v) is 4.15. The highest BCUT2D eigenvalue weighted by atomic mass is 14.7. The number of nitrogens with two attached hydrogens (primary N) is 4. The molecular formula is C20H22N4. The highest BCUT2D eigenvalue weighted by Crippen LogP contribution is 2.26. The number of hydrogen-bond donors (Lipinski definition) is 4. The van der Waals surface area contributed by atoms with E-state index < -0.39 is 0 Å². The molecule has 0 atom stereocenters. The van der Waals surface area contributed by atoms with Crippen molar-refractivity contribution >= 4 is 22.7 Å². The Labute approximate surface area is 142 Å². The van der Waals surface area contributed by atoms with Gasteiger partial charge in [0, 0.05) is 11.4 Å². The minimum atomic E-state index is 0.613. The lowest BCUT2D eigenvalue weighted by molar-refractivity contribution is 1.09. The van der Waals surface area contributed by atoms with E-state index in [-0.39, 0.29) is 0 Å². The Morgan fingerprint density at radius 2 is 0.833 bits per heavy atom. The van der Waals surface area contributed by atoms with Gasteiger partial charge >= 0.3 is 0 Å². The van der Waals surface area contributed by atoms with Gasteiger partial charge in [-0.1, -0.05) is 24.3 Å². The van der Waals surface area contributed by atoms with Crippen LogP contribution in [0.15, 0.2) is 60.7 Å². The minimum Gasteiger partial charge on any atom is -0.399 e. The van der Waals surface area contributed by atoms with Crippen molar-refractivity contribution < 1.29 is 0 Å². The Balaban J connectivity index is 1.93. The van der Waals surface area contributed by atoms with Gasteiger partial charge in [-0.2, -0.15) is 0 Å². The Morgan fingerprint density at radius 1 is 0.500 bits per heavy atom. The minimum absolute atomic E-state index is 0.613. The number of nitrogen functional groups attached to an aromatic ring is 4. The van der Waals surface area contributed by atoms with E-state index in [1.54, 1.807) is 0 Å². The van der Waals surface area contributed by atoms with Crippen molar-refractivity contribution in [2.24, 2.45) is 0 Å². The molecule has 0 aliphatic carbocycles. The van der Waals surface area contributed by atoms with Gasteiger partial charge in [-0.15, -0.1) is 0 Å². The normalized spacial score (nSPS) is 10.7. The van der Waals surface area contributed by atoms with E-state index in [2.05, 4.69) is 0 Å². The Kier molecular flexibility index (Phi) is 4.29. The van der Waals surface area contributed by atoms with Gasteiger partial charge in [0.25, 0.3) is 0 Å². The van der Waals surface area contributed by atoms with Crippen LogP contribution in [0.25, 0.3) is 0 Å². The molecule has 0 amide bonds. The van der Waals surface area contributed by atoms with Crippen molar-refractivity contribution in [3.05, 3.63) is 82.9 Å². The van der Waals surface area contributed by atoms with Crippen LogP contribution in [-0.2, 0) is 12.8 Å². The first-order valence-corrected chi connectivity index (χ1v) is 7.87. The lowest BCUT2D eigenvalue weighted by atomic mass is 9.94. The second-order valence-corrected chi connectivity index (χ2v) is 6.09. The molecule has 0 saturated carbocycles.